The molecule has 0 saturated carbocycles. The van der Waals surface area contributed by atoms with Crippen LogP contribution in [0.1, 0.15) is 22.7 Å². The van der Waals surface area contributed by atoms with Crippen molar-refractivity contribution >= 4 is 11.9 Å². The molecule has 0 unspecified atom stereocenters. The van der Waals surface area contributed by atoms with E-state index in [1.165, 1.54) is 0 Å². The Hall–Kier alpha value is -3.82. The number of hydrogen-bond donors (Lipinski definition) is 1. The van der Waals surface area contributed by atoms with Gasteiger partial charge in [0.15, 0.2) is 6.61 Å². The topological polar surface area (TPSA) is 104 Å². The summed E-state index contributed by atoms with van der Waals surface area (Å²) in [5.41, 5.74) is 0.384. The number of esters is 1. The molecule has 0 fully saturated rings. The SMILES string of the molecule is COc1ccc(-c2noc(COC(=O)CCNC(=O)c3ccc(F)cc3F)n2)cc1. The normalized spacial score (nSPS) is 10.5. The minimum Gasteiger partial charge on any atom is -0.497 e. The van der Waals surface area contributed by atoms with Gasteiger partial charge < -0.3 is 19.3 Å². The number of nitrogens with zero attached hydrogens (tertiary/aromatic N) is 2. The molecule has 0 aliphatic heterocycles. The summed E-state index contributed by atoms with van der Waals surface area (Å²) in [7, 11) is 1.56. The molecule has 0 saturated heterocycles. The van der Waals surface area contributed by atoms with E-state index in [-0.39, 0.29) is 31.0 Å². The third-order valence-corrected chi connectivity index (χ3v) is 3.96. The predicted octanol–water partition coefficient (Wildman–Crippen LogP) is 2.89. The second-order valence-electron chi connectivity index (χ2n) is 6.03. The molecule has 30 heavy (non-hydrogen) atoms. The highest BCUT2D eigenvalue weighted by Gasteiger charge is 2.14. The van der Waals surface area contributed by atoms with E-state index in [0.717, 1.165) is 12.1 Å². The van der Waals surface area contributed by atoms with Crippen LogP contribution >= 0.6 is 0 Å². The van der Waals surface area contributed by atoms with E-state index in [4.69, 9.17) is 14.0 Å². The molecule has 0 atom stereocenters. The summed E-state index contributed by atoms with van der Waals surface area (Å²) in [6, 6.07) is 9.60. The molecule has 0 radical (unpaired) electrons. The molecule has 8 nitrogen and oxygen atoms in total. The number of carbonyl (C=O) groups is 2. The average molecular weight is 417 g/mol. The number of methoxy groups -OCH3 is 1. The number of carbonyl (C=O) groups excluding carboxylic acids is 2. The Morgan fingerprint density at radius 1 is 1.13 bits per heavy atom. The van der Waals surface area contributed by atoms with Gasteiger partial charge in [-0.25, -0.2) is 8.78 Å². The minimum absolute atomic E-state index is 0.0879. The third-order valence-electron chi connectivity index (χ3n) is 3.96. The first kappa shape index (κ1) is 20.9. The molecule has 1 heterocycles. The van der Waals surface area contributed by atoms with Crippen molar-refractivity contribution in [2.24, 2.45) is 0 Å². The third kappa shape index (κ3) is 5.37. The molecule has 3 rings (SSSR count). The fourth-order valence-electron chi connectivity index (χ4n) is 2.43. The molecule has 1 aromatic heterocycles. The van der Waals surface area contributed by atoms with Gasteiger partial charge in [-0.1, -0.05) is 5.16 Å². The molecule has 1 N–H and O–H groups in total. The van der Waals surface area contributed by atoms with E-state index in [1.807, 2.05) is 0 Å². The van der Waals surface area contributed by atoms with Crippen LogP contribution in [0.25, 0.3) is 11.4 Å². The number of amides is 1. The summed E-state index contributed by atoms with van der Waals surface area (Å²) in [5.74, 6) is -2.04. The van der Waals surface area contributed by atoms with Gasteiger partial charge in [-0.15, -0.1) is 0 Å². The Morgan fingerprint density at radius 2 is 1.90 bits per heavy atom. The van der Waals surface area contributed by atoms with Gasteiger partial charge >= 0.3 is 5.97 Å². The number of aromatic nitrogens is 2. The summed E-state index contributed by atoms with van der Waals surface area (Å²) in [6.07, 6.45) is -0.159. The fraction of sp³-hybridized carbons (Fsp3) is 0.200. The van der Waals surface area contributed by atoms with Crippen LogP contribution in [0.15, 0.2) is 47.0 Å². The summed E-state index contributed by atoms with van der Waals surface area (Å²) in [5, 5.41) is 6.18. The Kier molecular flexibility index (Phi) is 6.68. The number of rotatable bonds is 8. The van der Waals surface area contributed by atoms with Crippen LogP contribution in [0.5, 0.6) is 5.75 Å². The summed E-state index contributed by atoms with van der Waals surface area (Å²) < 4.78 is 41.5. The molecular formula is C20H17F2N3O5. The van der Waals surface area contributed by atoms with Gasteiger partial charge in [-0.3, -0.25) is 9.59 Å². The molecule has 0 spiro atoms. The number of halogens is 2. The monoisotopic (exact) mass is 417 g/mol. The van der Waals surface area contributed by atoms with Crippen LogP contribution in [0.4, 0.5) is 8.78 Å². The van der Waals surface area contributed by atoms with Gasteiger partial charge in [0.05, 0.1) is 19.1 Å². The van der Waals surface area contributed by atoms with Gasteiger partial charge in [0.1, 0.15) is 17.4 Å². The second kappa shape index (κ2) is 9.59. The van der Waals surface area contributed by atoms with Crippen LogP contribution in [-0.4, -0.2) is 35.7 Å². The van der Waals surface area contributed by atoms with E-state index < -0.39 is 23.5 Å². The van der Waals surface area contributed by atoms with Crippen molar-refractivity contribution in [2.45, 2.75) is 13.0 Å². The number of ether oxygens (including phenoxy) is 2. The van der Waals surface area contributed by atoms with Crippen LogP contribution in [0.3, 0.4) is 0 Å². The zero-order valence-corrected chi connectivity index (χ0v) is 15.9. The van der Waals surface area contributed by atoms with Crippen molar-refractivity contribution in [2.75, 3.05) is 13.7 Å². The van der Waals surface area contributed by atoms with Gasteiger partial charge in [-0.2, -0.15) is 4.98 Å². The van der Waals surface area contributed by atoms with Crippen LogP contribution in [-0.2, 0) is 16.1 Å². The molecule has 3 aromatic rings. The highest BCUT2D eigenvalue weighted by molar-refractivity contribution is 5.94. The maximum Gasteiger partial charge on any atom is 0.308 e. The lowest BCUT2D eigenvalue weighted by Crippen LogP contribution is -2.27. The number of nitrogens with one attached hydrogen (secondary N) is 1. The van der Waals surface area contributed by atoms with Gasteiger partial charge in [-0.05, 0) is 36.4 Å². The first-order valence-electron chi connectivity index (χ1n) is 8.82. The molecule has 1 amide bonds. The molecule has 10 heteroatoms. The summed E-state index contributed by atoms with van der Waals surface area (Å²) in [6.45, 7) is -0.321. The van der Waals surface area contributed by atoms with E-state index in [2.05, 4.69) is 15.5 Å². The molecule has 0 aliphatic rings. The molecular weight excluding hydrogens is 400 g/mol. The van der Waals surface area contributed by atoms with Crippen molar-refractivity contribution in [1.29, 1.82) is 0 Å². The largest absolute Gasteiger partial charge is 0.497 e. The molecule has 2 aromatic carbocycles. The number of hydrogen-bond acceptors (Lipinski definition) is 7. The number of benzene rings is 2. The smallest absolute Gasteiger partial charge is 0.308 e. The van der Waals surface area contributed by atoms with Crippen molar-refractivity contribution < 1.29 is 32.4 Å². The lowest BCUT2D eigenvalue weighted by molar-refractivity contribution is -0.145. The quantitative estimate of drug-likeness (QED) is 0.562. The van der Waals surface area contributed by atoms with E-state index in [1.54, 1.807) is 31.4 Å². The standard InChI is InChI=1S/C20H17F2N3O5/c1-28-14-5-2-12(3-6-14)19-24-17(30-25-19)11-29-18(26)8-9-23-20(27)15-7-4-13(21)10-16(15)22/h2-7,10H,8-9,11H2,1H3,(H,23,27). The Bertz CT molecular complexity index is 1040. The highest BCUT2D eigenvalue weighted by atomic mass is 19.1. The van der Waals surface area contributed by atoms with Crippen molar-refractivity contribution in [3.63, 3.8) is 0 Å². The van der Waals surface area contributed by atoms with Crippen molar-refractivity contribution in [3.05, 3.63) is 65.6 Å². The lowest BCUT2D eigenvalue weighted by Gasteiger charge is -2.06. The molecule has 156 valence electrons. The van der Waals surface area contributed by atoms with E-state index in [9.17, 15) is 18.4 Å². The zero-order valence-electron chi connectivity index (χ0n) is 15.9. The highest BCUT2D eigenvalue weighted by Crippen LogP contribution is 2.19. The molecule has 0 bridgehead atoms. The molecule has 0 aliphatic carbocycles. The van der Waals surface area contributed by atoms with Crippen molar-refractivity contribution in [3.8, 4) is 17.1 Å². The Morgan fingerprint density at radius 3 is 2.60 bits per heavy atom. The Labute approximate surface area is 169 Å². The zero-order chi connectivity index (χ0) is 21.5. The Balaban J connectivity index is 1.43. The summed E-state index contributed by atoms with van der Waals surface area (Å²) in [4.78, 5) is 27.8. The van der Waals surface area contributed by atoms with E-state index >= 15 is 0 Å². The maximum absolute atomic E-state index is 13.5. The minimum atomic E-state index is -0.987. The van der Waals surface area contributed by atoms with Crippen LogP contribution < -0.4 is 10.1 Å². The average Bonchev–Trinajstić information content (AvgIpc) is 3.21. The first-order chi connectivity index (χ1) is 14.5. The summed E-state index contributed by atoms with van der Waals surface area (Å²) >= 11 is 0. The van der Waals surface area contributed by atoms with Crippen LogP contribution in [0, 0.1) is 11.6 Å². The van der Waals surface area contributed by atoms with Crippen LogP contribution in [0.2, 0.25) is 0 Å². The fourth-order valence-corrected chi connectivity index (χ4v) is 2.43. The maximum atomic E-state index is 13.5. The first-order valence-corrected chi connectivity index (χ1v) is 8.82. The van der Waals surface area contributed by atoms with Crippen molar-refractivity contribution in [1.82, 2.24) is 15.5 Å². The van der Waals surface area contributed by atoms with E-state index in [0.29, 0.717) is 23.2 Å². The van der Waals surface area contributed by atoms with Gasteiger partial charge in [0.2, 0.25) is 5.82 Å². The lowest BCUT2D eigenvalue weighted by atomic mass is 10.2. The van der Waals surface area contributed by atoms with Gasteiger partial charge in [0, 0.05) is 18.2 Å². The van der Waals surface area contributed by atoms with Gasteiger partial charge in [0.25, 0.3) is 11.8 Å². The predicted molar refractivity (Wildman–Crippen MR) is 99.4 cm³/mol. The second-order valence-corrected chi connectivity index (χ2v) is 6.03.